The number of guanidine groups is 1. The number of nitrogens with one attached hydrogen (secondary N) is 5. The minimum Gasteiger partial charge on any atom is -0.481 e. The summed E-state index contributed by atoms with van der Waals surface area (Å²) in [5, 5.41) is 28.9. The Morgan fingerprint density at radius 2 is 1.26 bits per heavy atom. The first-order valence-corrected chi connectivity index (χ1v) is 43.6. The van der Waals surface area contributed by atoms with Crippen LogP contribution in [-0.4, -0.2) is 163 Å². The summed E-state index contributed by atoms with van der Waals surface area (Å²) in [6.07, 6.45) is 22.0. The van der Waals surface area contributed by atoms with E-state index < -0.39 is 84.1 Å². The zero-order valence-electron chi connectivity index (χ0n) is 68.2. The molecule has 0 radical (unpaired) electrons. The number of carbonyl (C=O) groups excluding carboxylic acids is 9. The van der Waals surface area contributed by atoms with Crippen molar-refractivity contribution >= 4 is 108 Å². The zero-order valence-corrected chi connectivity index (χ0v) is 70.7. The van der Waals surface area contributed by atoms with E-state index in [1.165, 1.54) is 12.1 Å². The quantitative estimate of drug-likeness (QED) is 0.00646. The summed E-state index contributed by atoms with van der Waals surface area (Å²) in [5.41, 5.74) is 19.0. The highest BCUT2D eigenvalue weighted by Gasteiger charge is 2.47. The Kier molecular flexibility index (Phi) is 43.0. The van der Waals surface area contributed by atoms with E-state index in [9.17, 15) is 64.6 Å². The molecule has 2 aliphatic heterocycles. The summed E-state index contributed by atoms with van der Waals surface area (Å²) in [6.45, 7) is 14.6. The van der Waals surface area contributed by atoms with E-state index in [1.54, 1.807) is 24.3 Å². The lowest BCUT2D eigenvalue weighted by molar-refractivity contribution is -0.789. The third-order valence-corrected chi connectivity index (χ3v) is 22.2. The molecule has 0 saturated carbocycles. The van der Waals surface area contributed by atoms with Crippen molar-refractivity contribution in [3.8, 4) is 5.75 Å². The predicted molar refractivity (Wildman–Crippen MR) is 439 cm³/mol. The van der Waals surface area contributed by atoms with Gasteiger partial charge in [0.05, 0.1) is 33.2 Å². The lowest BCUT2D eigenvalue weighted by Gasteiger charge is -2.24. The Labute approximate surface area is 696 Å². The van der Waals surface area contributed by atoms with E-state index in [0.29, 0.717) is 69.4 Å². The summed E-state index contributed by atoms with van der Waals surface area (Å²) in [7, 11) is -12.1. The first kappa shape index (κ1) is 101. The number of fused-ring (bicyclic) bond motifs is 2. The number of hydrogen-bond acceptors (Lipinski definition) is 20. The van der Waals surface area contributed by atoms with Crippen LogP contribution in [0.1, 0.15) is 211 Å². The van der Waals surface area contributed by atoms with Gasteiger partial charge in [-0.3, -0.25) is 43.0 Å². The number of carboxylic acids is 2. The number of quaternary nitrogens is 1. The van der Waals surface area contributed by atoms with Gasteiger partial charge < -0.3 is 47.7 Å². The third-order valence-electron chi connectivity index (χ3n) is 20.5. The molecule has 4 aromatic carbocycles. The molecule has 1 aliphatic carbocycles. The number of unbranched alkanes of at least 4 members (excludes halogenated alkanes) is 8. The molecule has 119 heavy (non-hydrogen) atoms. The molecule has 0 bridgehead atoms. The van der Waals surface area contributed by atoms with Gasteiger partial charge in [0.15, 0.2) is 17.5 Å². The summed E-state index contributed by atoms with van der Waals surface area (Å²) < 4.78 is 105. The first-order chi connectivity index (χ1) is 56.4. The van der Waals surface area contributed by atoms with Crippen LogP contribution in [0, 0.1) is 5.92 Å². The van der Waals surface area contributed by atoms with E-state index in [1.807, 2.05) is 54.6 Å². The fourth-order valence-corrected chi connectivity index (χ4v) is 15.5. The molecule has 7 rings (SSSR count). The van der Waals surface area contributed by atoms with Crippen molar-refractivity contribution in [2.75, 3.05) is 32.7 Å². The van der Waals surface area contributed by atoms with Crippen molar-refractivity contribution in [2.24, 2.45) is 22.4 Å². The number of rotatable bonds is 46. The van der Waals surface area contributed by atoms with Crippen molar-refractivity contribution in [1.29, 1.82) is 0 Å². The van der Waals surface area contributed by atoms with Crippen molar-refractivity contribution < 1.29 is 116 Å². The number of aliphatic imine (C=N–C) groups is 1. The van der Waals surface area contributed by atoms with Gasteiger partial charge in [0.1, 0.15) is 41.3 Å². The Bertz CT molecular complexity index is 4760. The molecule has 4 amide bonds. The Morgan fingerprint density at radius 3 is 1.87 bits per heavy atom. The van der Waals surface area contributed by atoms with Crippen molar-refractivity contribution in [1.82, 2.24) is 21.3 Å². The smallest absolute Gasteiger partial charge is 0.425 e. The van der Waals surface area contributed by atoms with Gasteiger partial charge in [-0.25, -0.2) is 9.59 Å². The monoisotopic (exact) mass is 1710 g/mol. The van der Waals surface area contributed by atoms with Gasteiger partial charge in [0.25, 0.3) is 20.2 Å². The Morgan fingerprint density at radius 1 is 0.655 bits per heavy atom. The number of nitrogens with two attached hydrogens (primary N) is 2. The number of carbonyl (C=O) groups is 7. The molecule has 13 N–H and O–H groups in total. The lowest BCUT2D eigenvalue weighted by atomic mass is 9.81. The number of allylic oxidation sites excluding steroid dienone is 7. The molecular formula is C84H113N9O23S3+2. The van der Waals surface area contributed by atoms with Crippen LogP contribution in [0.3, 0.4) is 0 Å². The van der Waals surface area contributed by atoms with Crippen molar-refractivity contribution in [3.05, 3.63) is 160 Å². The highest BCUT2D eigenvalue weighted by atomic mass is 32.2. The van der Waals surface area contributed by atoms with Crippen LogP contribution in [0.2, 0.25) is 0 Å². The standard InChI is InChI=1S/C82H111N9O16S2.2CO2.O3S/c1-7-9-20-51-91-70-42-39-64(109(104,105)106)55-66(70)82(5,6)73(91)44-35-59-27-21-26-58(34-43-72-81(3,4)65-54-63(108(101,102)103)38-41-69(65)90(72)50-10-8-2)76(59)107-62-36-32-56(33-37-62)46-49-85-77(97)60(28-22-47-86-79(83)84)53-71(93)68(52-57-24-16-15-17-25-57)88-74(94)31-19-14-12-11-13-18-29-61(92)30-23-48-87-80(100)89-67(78(98)99)40-45-75(95)96;2*2-1-3;1-4(2)3/h15-17,24-25,32-39,41-44,54-55,60,67-68H,7-14,18-23,26-31,40,45-53H2,1-6H3,(H11-,83,84,85,86,87,88,89,94,95,96,97,98,99,100,101,102,103,104,105,106);;;/p+2/t60-,67-,68+;;;/m1.../s1. The van der Waals surface area contributed by atoms with Gasteiger partial charge >= 0.3 is 40.9 Å². The number of aliphatic carboxylic acids is 2. The highest BCUT2D eigenvalue weighted by molar-refractivity contribution is 7.86. The van der Waals surface area contributed by atoms with E-state index in [0.717, 1.165) is 132 Å². The normalized spacial score (nSPS) is 15.7. The van der Waals surface area contributed by atoms with Crippen molar-refractivity contribution in [3.63, 3.8) is 0 Å². The molecule has 3 aliphatic rings. The average Bonchev–Trinajstić information content (AvgIpc) is 1.59. The molecule has 32 nitrogen and oxygen atoms in total. The number of nitrogens with zero attached hydrogens (tertiary/aromatic N) is 2. The molecule has 0 spiro atoms. The topological polar surface area (TPSA) is 517 Å². The van der Waals surface area contributed by atoms with E-state index >= 15 is 0 Å². The number of Topliss-reactive ketones (excluding diaryl/α,β-unsaturated/α-hetero) is 2. The number of ether oxygens (including phenoxy) is 1. The number of benzene rings is 4. The maximum absolute atomic E-state index is 14.5. The first-order valence-electron chi connectivity index (χ1n) is 39.7. The molecule has 2 heterocycles. The highest BCUT2D eigenvalue weighted by Crippen LogP contribution is 2.44. The maximum atomic E-state index is 14.5. The van der Waals surface area contributed by atoms with Gasteiger partial charge in [-0.15, -0.1) is 12.6 Å². The predicted octanol–water partition coefficient (Wildman–Crippen LogP) is 8.87. The molecule has 35 heteroatoms. The van der Waals surface area contributed by atoms with Crippen LogP contribution in [0.4, 0.5) is 16.2 Å². The van der Waals surface area contributed by atoms with Crippen LogP contribution < -0.4 is 42.4 Å². The van der Waals surface area contributed by atoms with Crippen LogP contribution in [-0.2, 0) is 102 Å². The van der Waals surface area contributed by atoms with E-state index in [-0.39, 0.29) is 110 Å². The fourth-order valence-electron chi connectivity index (χ4n) is 14.5. The van der Waals surface area contributed by atoms with Crippen LogP contribution in [0.5, 0.6) is 5.75 Å². The maximum Gasteiger partial charge on any atom is 0.425 e. The zero-order chi connectivity index (χ0) is 88.5. The second-order valence-corrected chi connectivity index (χ2v) is 33.2. The largest absolute Gasteiger partial charge is 0.481 e. The van der Waals surface area contributed by atoms with Gasteiger partial charge in [-0.05, 0) is 188 Å². The summed E-state index contributed by atoms with van der Waals surface area (Å²) in [5.74, 6) is -3.03. The number of amides is 4. The Balaban J connectivity index is 0.00000282. The molecule has 4 atom stereocenters. The molecule has 4 aromatic rings. The summed E-state index contributed by atoms with van der Waals surface area (Å²) in [6, 6.07) is 23.6. The number of ketones is 2. The molecule has 0 saturated heterocycles. The second-order valence-electron chi connectivity index (χ2n) is 30.0. The van der Waals surface area contributed by atoms with Crippen molar-refractivity contribution in [2.45, 2.75) is 235 Å². The molecule has 648 valence electrons. The van der Waals surface area contributed by atoms with E-state index in [2.05, 4.69) is 96.7 Å². The van der Waals surface area contributed by atoms with Crippen LogP contribution >= 0.6 is 0 Å². The summed E-state index contributed by atoms with van der Waals surface area (Å²) >= 11 is 0. The molecule has 0 aromatic heterocycles. The third kappa shape index (κ3) is 34.2. The summed E-state index contributed by atoms with van der Waals surface area (Å²) in [4.78, 5) is 127. The van der Waals surface area contributed by atoms with Crippen LogP contribution in [0.15, 0.2) is 153 Å². The molecule has 0 fully saturated rings. The Hall–Kier alpha value is -10.8. The minimum absolute atomic E-state index is 0.0351. The van der Waals surface area contributed by atoms with Gasteiger partial charge in [-0.1, -0.05) is 94.8 Å². The van der Waals surface area contributed by atoms with E-state index in [4.69, 9.17) is 53.1 Å². The fraction of sp³-hybridized carbons (Fsp3) is 0.488. The number of hydrogen-bond donors (Lipinski definition) is 11. The van der Waals surface area contributed by atoms with Gasteiger partial charge in [0, 0.05) is 93.4 Å². The minimum atomic E-state index is -4.48. The number of urea groups is 1. The lowest BCUT2D eigenvalue weighted by Crippen LogP contribution is -3.04. The SMILES string of the molecule is CCCCC[N+]1=C(/C=C/C2=C(Oc3ccc(CCNC(=O)[C@H](CCCN=C(N)N)CC(=O)[C@H](Cc4ccccc4)NC(=O)CCCCCCCCC(=O)CCCNC(=O)N[C@H](CCC(=O)O)C(=O)O)cc3)C(=C/C=C3/[NH+](CCCC)c4ccc(S(=O)(=O)O)cc4C3(C)C)/CCC2)C(C)(C)c2cc(S(=O)(=O)O)ccc21.O=C=O.O=C=O.O=S(=O)=O. The molecular weight excluding hydrogens is 1600 g/mol. The second kappa shape index (κ2) is 50.9. The molecule has 1 unspecified atom stereocenters. The average molecular weight is 1710 g/mol. The van der Waals surface area contributed by atoms with Gasteiger partial charge in [-0.2, -0.15) is 40.6 Å². The van der Waals surface area contributed by atoms with Gasteiger partial charge in [0.2, 0.25) is 17.5 Å². The number of carboxylic acid groups (broad SMARTS) is 2. The van der Waals surface area contributed by atoms with Crippen LogP contribution in [0.25, 0.3) is 0 Å².